The summed E-state index contributed by atoms with van der Waals surface area (Å²) in [5, 5.41) is 11.4. The Bertz CT molecular complexity index is 913. The predicted molar refractivity (Wildman–Crippen MR) is 101 cm³/mol. The molecule has 0 aliphatic carbocycles. The molecular formula is C20H26N4O. The van der Waals surface area contributed by atoms with Gasteiger partial charge in [0, 0.05) is 28.8 Å². The number of fused-ring (bicyclic) bond motifs is 1. The fraction of sp³-hybridized carbons (Fsp3) is 0.400. The number of aromatic nitrogens is 3. The van der Waals surface area contributed by atoms with Gasteiger partial charge in [-0.1, -0.05) is 11.6 Å². The van der Waals surface area contributed by atoms with Crippen LogP contribution in [0.15, 0.2) is 12.1 Å². The number of benzene rings is 1. The van der Waals surface area contributed by atoms with Crippen LogP contribution in [0.2, 0.25) is 0 Å². The van der Waals surface area contributed by atoms with Gasteiger partial charge in [0.25, 0.3) is 0 Å². The molecule has 0 aliphatic heterocycles. The van der Waals surface area contributed by atoms with E-state index in [2.05, 4.69) is 46.5 Å². The number of hydrogen-bond acceptors (Lipinski definition) is 2. The second kappa shape index (κ2) is 6.75. The summed E-state index contributed by atoms with van der Waals surface area (Å²) in [6, 6.07) is 4.32. The lowest BCUT2D eigenvalue weighted by Gasteiger charge is -2.07. The van der Waals surface area contributed by atoms with E-state index in [1.807, 2.05) is 20.8 Å². The van der Waals surface area contributed by atoms with E-state index < -0.39 is 0 Å². The maximum atomic E-state index is 12.4. The van der Waals surface area contributed by atoms with Gasteiger partial charge in [-0.05, 0) is 63.8 Å². The van der Waals surface area contributed by atoms with Crippen LogP contribution in [0.5, 0.6) is 0 Å². The molecule has 5 heteroatoms. The van der Waals surface area contributed by atoms with Crippen LogP contribution < -0.4 is 5.32 Å². The average molecular weight is 338 g/mol. The lowest BCUT2D eigenvalue weighted by Crippen LogP contribution is -2.27. The molecule has 0 saturated carbocycles. The Morgan fingerprint density at radius 3 is 2.52 bits per heavy atom. The highest BCUT2D eigenvalue weighted by Gasteiger charge is 2.14. The summed E-state index contributed by atoms with van der Waals surface area (Å²) in [7, 11) is 0. The number of amides is 1. The monoisotopic (exact) mass is 338 g/mol. The Balaban J connectivity index is 1.69. The molecule has 0 fully saturated rings. The van der Waals surface area contributed by atoms with Crippen molar-refractivity contribution in [2.45, 2.75) is 47.5 Å². The maximum absolute atomic E-state index is 12.4. The summed E-state index contributed by atoms with van der Waals surface area (Å²) in [4.78, 5) is 15.9. The molecule has 3 rings (SSSR count). The van der Waals surface area contributed by atoms with Crippen molar-refractivity contribution >= 4 is 16.8 Å². The molecule has 3 N–H and O–H groups in total. The van der Waals surface area contributed by atoms with Gasteiger partial charge in [0.05, 0.1) is 12.1 Å². The van der Waals surface area contributed by atoms with Crippen LogP contribution in [0.4, 0.5) is 0 Å². The number of rotatable bonds is 5. The van der Waals surface area contributed by atoms with Crippen molar-refractivity contribution in [2.75, 3.05) is 6.54 Å². The van der Waals surface area contributed by atoms with Gasteiger partial charge in [-0.2, -0.15) is 5.10 Å². The molecule has 5 nitrogen and oxygen atoms in total. The Labute approximate surface area is 148 Å². The van der Waals surface area contributed by atoms with Crippen LogP contribution in [-0.2, 0) is 17.6 Å². The second-order valence-corrected chi connectivity index (χ2v) is 6.92. The third-order valence-electron chi connectivity index (χ3n) is 4.89. The van der Waals surface area contributed by atoms with Crippen LogP contribution in [-0.4, -0.2) is 27.6 Å². The quantitative estimate of drug-likeness (QED) is 0.667. The van der Waals surface area contributed by atoms with Crippen molar-refractivity contribution in [3.8, 4) is 0 Å². The van der Waals surface area contributed by atoms with Crippen molar-refractivity contribution in [1.82, 2.24) is 20.5 Å². The fourth-order valence-electron chi connectivity index (χ4n) is 3.56. The minimum atomic E-state index is 0.0574. The molecule has 0 atom stereocenters. The molecule has 0 spiro atoms. The van der Waals surface area contributed by atoms with Crippen molar-refractivity contribution in [3.63, 3.8) is 0 Å². The number of H-pyrrole nitrogens is 2. The van der Waals surface area contributed by atoms with Gasteiger partial charge in [-0.15, -0.1) is 0 Å². The largest absolute Gasteiger partial charge is 0.358 e. The van der Waals surface area contributed by atoms with Crippen molar-refractivity contribution < 1.29 is 4.79 Å². The number of aryl methyl sites for hydroxylation is 5. The first kappa shape index (κ1) is 17.3. The number of aromatic amines is 2. The van der Waals surface area contributed by atoms with E-state index in [1.54, 1.807) is 0 Å². The van der Waals surface area contributed by atoms with E-state index in [0.717, 1.165) is 40.0 Å². The molecule has 0 radical (unpaired) electrons. The van der Waals surface area contributed by atoms with Crippen LogP contribution in [0.25, 0.3) is 10.9 Å². The van der Waals surface area contributed by atoms with Crippen LogP contribution in [0.3, 0.4) is 0 Å². The summed E-state index contributed by atoms with van der Waals surface area (Å²) in [5.74, 6) is 0.0574. The van der Waals surface area contributed by atoms with Crippen LogP contribution >= 0.6 is 0 Å². The van der Waals surface area contributed by atoms with Gasteiger partial charge < -0.3 is 10.3 Å². The molecular weight excluding hydrogens is 312 g/mol. The molecule has 0 saturated heterocycles. The third-order valence-corrected chi connectivity index (χ3v) is 4.89. The second-order valence-electron chi connectivity index (χ2n) is 6.92. The molecule has 0 bridgehead atoms. The first-order valence-corrected chi connectivity index (χ1v) is 8.72. The highest BCUT2D eigenvalue weighted by molar-refractivity contribution is 5.92. The summed E-state index contributed by atoms with van der Waals surface area (Å²) < 4.78 is 0. The zero-order valence-electron chi connectivity index (χ0n) is 15.6. The van der Waals surface area contributed by atoms with Crippen molar-refractivity contribution in [3.05, 3.63) is 51.5 Å². The lowest BCUT2D eigenvalue weighted by molar-refractivity contribution is -0.120. The highest BCUT2D eigenvalue weighted by atomic mass is 16.1. The molecule has 0 aliphatic rings. The Morgan fingerprint density at radius 1 is 1.08 bits per heavy atom. The van der Waals surface area contributed by atoms with Gasteiger partial charge in [-0.25, -0.2) is 0 Å². The Kier molecular flexibility index (Phi) is 4.66. The predicted octanol–water partition coefficient (Wildman–Crippen LogP) is 3.33. The zero-order valence-corrected chi connectivity index (χ0v) is 15.6. The minimum Gasteiger partial charge on any atom is -0.358 e. The van der Waals surface area contributed by atoms with E-state index in [-0.39, 0.29) is 5.91 Å². The first-order valence-electron chi connectivity index (χ1n) is 8.72. The Hall–Kier alpha value is -2.56. The molecule has 2 aromatic heterocycles. The summed E-state index contributed by atoms with van der Waals surface area (Å²) >= 11 is 0. The SMILES string of the molecule is Cc1cc(C)c2[nH]c(C)c(CC(=O)NCCc3c(C)n[nH]c3C)c2c1. The van der Waals surface area contributed by atoms with E-state index >= 15 is 0 Å². The minimum absolute atomic E-state index is 0.0574. The maximum Gasteiger partial charge on any atom is 0.224 e. The summed E-state index contributed by atoms with van der Waals surface area (Å²) in [6.07, 6.45) is 1.20. The standard InChI is InChI=1S/C20H26N4O/c1-11-8-12(2)20-18(9-11)17(13(3)22-20)10-19(25)21-7-6-16-14(4)23-24-15(16)5/h8-9,22H,6-7,10H2,1-5H3,(H,21,25)(H,23,24). The molecule has 0 unspecified atom stereocenters. The Morgan fingerprint density at radius 2 is 1.84 bits per heavy atom. The van der Waals surface area contributed by atoms with Gasteiger partial charge in [-0.3, -0.25) is 9.89 Å². The number of carbonyl (C=O) groups is 1. The van der Waals surface area contributed by atoms with E-state index in [4.69, 9.17) is 0 Å². The third kappa shape index (κ3) is 3.45. The number of nitrogens with zero attached hydrogens (tertiary/aromatic N) is 1. The molecule has 1 amide bonds. The molecule has 25 heavy (non-hydrogen) atoms. The van der Waals surface area contributed by atoms with Gasteiger partial charge in [0.1, 0.15) is 0 Å². The van der Waals surface area contributed by atoms with Crippen molar-refractivity contribution in [2.24, 2.45) is 0 Å². The van der Waals surface area contributed by atoms with Gasteiger partial charge in [0.15, 0.2) is 0 Å². The van der Waals surface area contributed by atoms with Gasteiger partial charge in [0.2, 0.25) is 5.91 Å². The van der Waals surface area contributed by atoms with E-state index in [1.165, 1.54) is 16.7 Å². The lowest BCUT2D eigenvalue weighted by atomic mass is 10.0. The number of nitrogens with one attached hydrogen (secondary N) is 3. The number of carbonyl (C=O) groups excluding carboxylic acids is 1. The topological polar surface area (TPSA) is 73.6 Å². The van der Waals surface area contributed by atoms with Gasteiger partial charge >= 0.3 is 0 Å². The fourth-order valence-corrected chi connectivity index (χ4v) is 3.56. The average Bonchev–Trinajstić information content (AvgIpc) is 3.02. The molecule has 3 aromatic rings. The van der Waals surface area contributed by atoms with E-state index in [0.29, 0.717) is 13.0 Å². The zero-order chi connectivity index (χ0) is 18.1. The molecule has 132 valence electrons. The van der Waals surface area contributed by atoms with Crippen LogP contribution in [0, 0.1) is 34.6 Å². The summed E-state index contributed by atoms with van der Waals surface area (Å²) in [6.45, 7) is 10.9. The first-order chi connectivity index (χ1) is 11.9. The smallest absolute Gasteiger partial charge is 0.224 e. The van der Waals surface area contributed by atoms with Crippen molar-refractivity contribution in [1.29, 1.82) is 0 Å². The highest BCUT2D eigenvalue weighted by Crippen LogP contribution is 2.26. The molecule has 1 aromatic carbocycles. The van der Waals surface area contributed by atoms with Crippen LogP contribution in [0.1, 0.15) is 39.3 Å². The number of hydrogen-bond donors (Lipinski definition) is 3. The normalized spacial score (nSPS) is 11.2. The van der Waals surface area contributed by atoms with E-state index in [9.17, 15) is 4.79 Å². The molecule has 2 heterocycles. The summed E-state index contributed by atoms with van der Waals surface area (Å²) in [5.41, 5.74) is 9.00.